The Morgan fingerprint density at radius 1 is 1.50 bits per heavy atom. The van der Waals surface area contributed by atoms with Crippen molar-refractivity contribution < 1.29 is 4.52 Å². The maximum Gasteiger partial charge on any atom is 0.259 e. The number of aryl methyl sites for hydroxylation is 1. The van der Waals surface area contributed by atoms with Crippen LogP contribution in [0.2, 0.25) is 0 Å². The number of anilines is 1. The Morgan fingerprint density at radius 3 is 2.94 bits per heavy atom. The molecule has 2 aromatic heterocycles. The van der Waals surface area contributed by atoms with Gasteiger partial charge in [-0.3, -0.25) is 0 Å². The van der Waals surface area contributed by atoms with Crippen LogP contribution in [0.25, 0.3) is 11.1 Å². The van der Waals surface area contributed by atoms with Crippen LogP contribution in [0.3, 0.4) is 0 Å². The molecule has 1 atom stereocenters. The molecular weight excluding hydrogens is 204 g/mol. The van der Waals surface area contributed by atoms with Crippen molar-refractivity contribution in [3.05, 3.63) is 17.8 Å². The number of likely N-dealkylation sites (N-methyl/N-ethyl adjacent to an activating group) is 1. The molecule has 0 aromatic carbocycles. The maximum absolute atomic E-state index is 5.62. The quantitative estimate of drug-likeness (QED) is 0.844. The molecule has 0 aliphatic carbocycles. The summed E-state index contributed by atoms with van der Waals surface area (Å²) in [6, 6.07) is 4.18. The highest BCUT2D eigenvalue weighted by Gasteiger charge is 2.12. The number of nitrogens with two attached hydrogens (primary N) is 1. The molecule has 2 aromatic rings. The molecule has 0 amide bonds. The van der Waals surface area contributed by atoms with Gasteiger partial charge in [0.05, 0.1) is 11.1 Å². The van der Waals surface area contributed by atoms with Crippen molar-refractivity contribution >= 4 is 16.9 Å². The Labute approximate surface area is 94.2 Å². The van der Waals surface area contributed by atoms with Gasteiger partial charge in [-0.05, 0) is 26.0 Å². The largest absolute Gasteiger partial charge is 0.356 e. The van der Waals surface area contributed by atoms with Crippen LogP contribution in [0.4, 0.5) is 5.82 Å². The number of rotatable bonds is 3. The Kier molecular flexibility index (Phi) is 2.78. The smallest absolute Gasteiger partial charge is 0.259 e. The third-order valence-corrected chi connectivity index (χ3v) is 2.87. The molecule has 0 fully saturated rings. The minimum Gasteiger partial charge on any atom is -0.356 e. The summed E-state index contributed by atoms with van der Waals surface area (Å²) in [5.74, 6) is 0.849. The molecule has 5 heteroatoms. The zero-order valence-corrected chi connectivity index (χ0v) is 9.77. The molecule has 1 unspecified atom stereocenters. The first-order chi connectivity index (χ1) is 7.63. The van der Waals surface area contributed by atoms with Gasteiger partial charge in [-0.1, -0.05) is 5.16 Å². The third kappa shape index (κ3) is 1.74. The van der Waals surface area contributed by atoms with E-state index in [2.05, 4.69) is 17.1 Å². The molecule has 5 nitrogen and oxygen atoms in total. The molecule has 0 bridgehead atoms. The van der Waals surface area contributed by atoms with Gasteiger partial charge in [0.1, 0.15) is 5.82 Å². The lowest BCUT2D eigenvalue weighted by Gasteiger charge is -2.24. The summed E-state index contributed by atoms with van der Waals surface area (Å²) in [6.45, 7) is 4.54. The minimum atomic E-state index is 0.244. The van der Waals surface area contributed by atoms with Crippen molar-refractivity contribution in [1.82, 2.24) is 10.1 Å². The summed E-state index contributed by atoms with van der Waals surface area (Å²) in [4.78, 5) is 6.43. The van der Waals surface area contributed by atoms with Crippen molar-refractivity contribution in [3.8, 4) is 0 Å². The molecule has 0 saturated heterocycles. The first-order valence-electron chi connectivity index (χ1n) is 5.29. The van der Waals surface area contributed by atoms with E-state index in [1.54, 1.807) is 0 Å². The fourth-order valence-electron chi connectivity index (χ4n) is 1.52. The molecule has 16 heavy (non-hydrogen) atoms. The summed E-state index contributed by atoms with van der Waals surface area (Å²) in [5.41, 5.74) is 7.06. The van der Waals surface area contributed by atoms with E-state index >= 15 is 0 Å². The van der Waals surface area contributed by atoms with E-state index in [0.29, 0.717) is 12.3 Å². The molecule has 2 N–H and O–H groups in total. The normalized spacial score (nSPS) is 13.0. The van der Waals surface area contributed by atoms with Crippen molar-refractivity contribution in [2.75, 3.05) is 18.5 Å². The Balaban J connectivity index is 2.39. The van der Waals surface area contributed by atoms with Crippen LogP contribution in [-0.2, 0) is 0 Å². The van der Waals surface area contributed by atoms with Crippen molar-refractivity contribution in [2.45, 2.75) is 19.9 Å². The second kappa shape index (κ2) is 4.09. The van der Waals surface area contributed by atoms with Gasteiger partial charge < -0.3 is 15.2 Å². The highest BCUT2D eigenvalue weighted by molar-refractivity contribution is 5.77. The van der Waals surface area contributed by atoms with Crippen molar-refractivity contribution in [2.24, 2.45) is 5.73 Å². The van der Waals surface area contributed by atoms with E-state index in [-0.39, 0.29) is 6.04 Å². The zero-order valence-electron chi connectivity index (χ0n) is 9.77. The average molecular weight is 220 g/mol. The monoisotopic (exact) mass is 220 g/mol. The van der Waals surface area contributed by atoms with E-state index in [4.69, 9.17) is 10.3 Å². The van der Waals surface area contributed by atoms with Crippen molar-refractivity contribution in [1.29, 1.82) is 0 Å². The van der Waals surface area contributed by atoms with Gasteiger partial charge in [-0.25, -0.2) is 0 Å². The summed E-state index contributed by atoms with van der Waals surface area (Å²) >= 11 is 0. The van der Waals surface area contributed by atoms with Gasteiger partial charge in [0.25, 0.3) is 5.71 Å². The third-order valence-electron chi connectivity index (χ3n) is 2.87. The Hall–Kier alpha value is -1.62. The molecule has 0 saturated carbocycles. The maximum atomic E-state index is 5.62. The van der Waals surface area contributed by atoms with Crippen LogP contribution in [0.5, 0.6) is 0 Å². The summed E-state index contributed by atoms with van der Waals surface area (Å²) in [5, 5.41) is 4.84. The van der Waals surface area contributed by atoms with E-state index in [1.807, 2.05) is 31.0 Å². The Morgan fingerprint density at radius 2 is 2.25 bits per heavy atom. The van der Waals surface area contributed by atoms with Gasteiger partial charge in [-0.2, -0.15) is 4.98 Å². The highest BCUT2D eigenvalue weighted by Crippen LogP contribution is 2.20. The van der Waals surface area contributed by atoms with Crippen LogP contribution < -0.4 is 10.6 Å². The lowest BCUT2D eigenvalue weighted by Crippen LogP contribution is -2.35. The van der Waals surface area contributed by atoms with Crippen LogP contribution >= 0.6 is 0 Å². The van der Waals surface area contributed by atoms with Crippen LogP contribution in [0, 0.1) is 6.92 Å². The van der Waals surface area contributed by atoms with Gasteiger partial charge in [0.15, 0.2) is 0 Å². The Bertz CT molecular complexity index is 494. The SMILES string of the molecule is Cc1noc2nc(N(C)C(C)CN)ccc12. The summed E-state index contributed by atoms with van der Waals surface area (Å²) in [6.07, 6.45) is 0. The number of hydrogen-bond donors (Lipinski definition) is 1. The standard InChI is InChI=1S/C11H16N4O/c1-7(6-12)15(3)10-5-4-9-8(2)14-16-11(9)13-10/h4-5,7H,6,12H2,1-3H3. The van der Waals surface area contributed by atoms with Gasteiger partial charge in [0, 0.05) is 19.6 Å². The molecule has 86 valence electrons. The number of nitrogens with zero attached hydrogens (tertiary/aromatic N) is 3. The highest BCUT2D eigenvalue weighted by atomic mass is 16.5. The number of aromatic nitrogens is 2. The lowest BCUT2D eigenvalue weighted by atomic mass is 10.2. The van der Waals surface area contributed by atoms with Crippen LogP contribution in [0.1, 0.15) is 12.6 Å². The number of fused-ring (bicyclic) bond motifs is 1. The first kappa shape index (κ1) is 10.9. The van der Waals surface area contributed by atoms with Crippen LogP contribution in [-0.4, -0.2) is 29.8 Å². The number of pyridine rings is 1. The molecule has 0 aliphatic rings. The van der Waals surface area contributed by atoms with E-state index in [1.165, 1.54) is 0 Å². The summed E-state index contributed by atoms with van der Waals surface area (Å²) < 4.78 is 5.13. The predicted molar refractivity (Wildman–Crippen MR) is 63.5 cm³/mol. The topological polar surface area (TPSA) is 68.2 Å². The second-order valence-electron chi connectivity index (χ2n) is 3.99. The fraction of sp³-hybridized carbons (Fsp3) is 0.455. The van der Waals surface area contributed by atoms with E-state index in [0.717, 1.165) is 16.9 Å². The molecular formula is C11H16N4O. The predicted octanol–water partition coefficient (Wildman–Crippen LogP) is 1.31. The van der Waals surface area contributed by atoms with Gasteiger partial charge in [-0.15, -0.1) is 0 Å². The minimum absolute atomic E-state index is 0.244. The average Bonchev–Trinajstić information content (AvgIpc) is 2.68. The second-order valence-corrected chi connectivity index (χ2v) is 3.99. The molecule has 2 heterocycles. The van der Waals surface area contributed by atoms with E-state index in [9.17, 15) is 0 Å². The molecule has 0 radical (unpaired) electrons. The molecule has 0 spiro atoms. The lowest BCUT2D eigenvalue weighted by molar-refractivity contribution is 0.442. The zero-order chi connectivity index (χ0) is 11.7. The summed E-state index contributed by atoms with van der Waals surface area (Å²) in [7, 11) is 1.97. The van der Waals surface area contributed by atoms with E-state index < -0.39 is 0 Å². The number of hydrogen-bond acceptors (Lipinski definition) is 5. The fourth-order valence-corrected chi connectivity index (χ4v) is 1.52. The first-order valence-corrected chi connectivity index (χ1v) is 5.29. The van der Waals surface area contributed by atoms with Gasteiger partial charge >= 0.3 is 0 Å². The van der Waals surface area contributed by atoms with Crippen LogP contribution in [0.15, 0.2) is 16.7 Å². The van der Waals surface area contributed by atoms with Gasteiger partial charge in [0.2, 0.25) is 0 Å². The molecule has 0 aliphatic heterocycles. The molecule has 2 rings (SSSR count). The van der Waals surface area contributed by atoms with Crippen molar-refractivity contribution in [3.63, 3.8) is 0 Å².